The van der Waals surface area contributed by atoms with Gasteiger partial charge in [-0.15, -0.1) is 0 Å². The van der Waals surface area contributed by atoms with Crippen molar-refractivity contribution < 1.29 is 61.1 Å². The molecule has 0 aliphatic carbocycles. The highest BCUT2D eigenvalue weighted by molar-refractivity contribution is 8.76. The Balaban J connectivity index is 1.52. The second-order valence-corrected chi connectivity index (χ2v) is 15.3. The van der Waals surface area contributed by atoms with E-state index >= 15 is 0 Å². The molecule has 8 N–H and O–H groups in total. The molecular weight excluding hydrogens is 691 g/mol. The molecule has 1 amide bonds. The highest BCUT2D eigenvalue weighted by Gasteiger charge is 2.43. The molecule has 2 unspecified atom stereocenters. The molecule has 0 saturated carbocycles. The Labute approximate surface area is 256 Å². The predicted molar refractivity (Wildman–Crippen MR) is 154 cm³/mol. The van der Waals surface area contributed by atoms with E-state index < -0.39 is 54.2 Å². The molecule has 0 bridgehead atoms. The average molecular weight is 718 g/mol. The van der Waals surface area contributed by atoms with E-state index in [2.05, 4.69) is 40.3 Å². The number of nitrogens with one attached hydrogen (secondary N) is 1. The molecular formula is C20H26N5O14P3S2. The summed E-state index contributed by atoms with van der Waals surface area (Å²) in [6.45, 7) is -0.956. The van der Waals surface area contributed by atoms with Gasteiger partial charge in [-0.2, -0.15) is 13.6 Å². The Bertz CT molecular complexity index is 1580. The van der Waals surface area contributed by atoms with Crippen molar-refractivity contribution in [3.8, 4) is 11.8 Å². The highest BCUT2D eigenvalue weighted by atomic mass is 33.1. The number of hydrogen-bond donors (Lipinski definition) is 7. The van der Waals surface area contributed by atoms with Gasteiger partial charge in [0.1, 0.15) is 23.2 Å². The summed E-state index contributed by atoms with van der Waals surface area (Å²) in [5, 5.41) is 13.8. The number of nitrogens with zero attached hydrogens (tertiary/aromatic N) is 3. The Morgan fingerprint density at radius 2 is 1.95 bits per heavy atom. The lowest BCUT2D eigenvalue weighted by molar-refractivity contribution is -0.120. The van der Waals surface area contributed by atoms with Crippen molar-refractivity contribution in [1.29, 1.82) is 0 Å². The molecule has 0 spiro atoms. The molecule has 19 nitrogen and oxygen atoms in total. The van der Waals surface area contributed by atoms with E-state index in [0.717, 1.165) is 9.59 Å². The van der Waals surface area contributed by atoms with Crippen LogP contribution in [0.15, 0.2) is 40.4 Å². The minimum Gasteiger partial charge on any atom is -0.390 e. The quantitative estimate of drug-likeness (QED) is 0.0606. The van der Waals surface area contributed by atoms with Crippen LogP contribution in [0, 0.1) is 11.8 Å². The minimum atomic E-state index is -5.73. The molecule has 44 heavy (non-hydrogen) atoms. The smallest absolute Gasteiger partial charge is 0.390 e. The van der Waals surface area contributed by atoms with Gasteiger partial charge in [-0.3, -0.25) is 13.9 Å². The number of hydrogen-bond acceptors (Lipinski definition) is 15. The lowest BCUT2D eigenvalue weighted by Crippen LogP contribution is -2.29. The van der Waals surface area contributed by atoms with E-state index in [4.69, 9.17) is 20.3 Å². The third-order valence-electron chi connectivity index (χ3n) is 5.10. The number of rotatable bonds is 14. The summed E-state index contributed by atoms with van der Waals surface area (Å²) >= 11 is 0. The number of amides is 1. The van der Waals surface area contributed by atoms with Gasteiger partial charge in [0.2, 0.25) is 5.91 Å². The molecule has 1 fully saturated rings. The fraction of sp³-hybridized carbons (Fsp3) is 0.400. The molecule has 2 aromatic rings. The van der Waals surface area contributed by atoms with E-state index in [9.17, 15) is 38.2 Å². The van der Waals surface area contributed by atoms with Crippen molar-refractivity contribution in [1.82, 2.24) is 19.9 Å². The molecule has 3 heterocycles. The average Bonchev–Trinajstić information content (AvgIpc) is 3.27. The van der Waals surface area contributed by atoms with Crippen LogP contribution >= 0.6 is 45.1 Å². The SMILES string of the molecule is Nc1nc(=O)n([C@H]2C[C@@H](O)[C@@H](COP(=O)(O)OP(=O)(O)OP(=O)(O)O)O2)cc1C#CCNC(=O)CCSSc1ccccn1. The summed E-state index contributed by atoms with van der Waals surface area (Å²) in [4.78, 5) is 68.3. The van der Waals surface area contributed by atoms with Crippen LogP contribution in [0.3, 0.4) is 0 Å². The molecule has 0 aromatic carbocycles. The normalized spacial score (nSPS) is 21.1. The van der Waals surface area contributed by atoms with Crippen molar-refractivity contribution >= 4 is 56.8 Å². The number of aliphatic hydroxyl groups excluding tert-OH is 1. The molecule has 1 saturated heterocycles. The second-order valence-electron chi connectivity index (χ2n) is 8.45. The number of aromatic nitrogens is 3. The molecule has 1 aliphatic heterocycles. The van der Waals surface area contributed by atoms with Crippen molar-refractivity contribution in [3.05, 3.63) is 46.6 Å². The van der Waals surface area contributed by atoms with Crippen LogP contribution in [0.1, 0.15) is 24.6 Å². The number of carbonyl (C=O) groups excluding carboxylic acids is 1. The zero-order valence-electron chi connectivity index (χ0n) is 22.1. The maximum atomic E-state index is 12.4. The topological polar surface area (TPSA) is 292 Å². The number of carbonyl (C=O) groups is 1. The monoisotopic (exact) mass is 717 g/mol. The van der Waals surface area contributed by atoms with Gasteiger partial charge in [0.25, 0.3) is 0 Å². The summed E-state index contributed by atoms with van der Waals surface area (Å²) in [5.41, 5.74) is 5.00. The fourth-order valence-corrected chi connectivity index (χ4v) is 8.19. The maximum absolute atomic E-state index is 12.4. The zero-order chi connectivity index (χ0) is 32.5. The van der Waals surface area contributed by atoms with Gasteiger partial charge < -0.3 is 40.5 Å². The van der Waals surface area contributed by atoms with E-state index in [-0.39, 0.29) is 36.7 Å². The summed E-state index contributed by atoms with van der Waals surface area (Å²) in [5.74, 6) is 5.46. The fourth-order valence-electron chi connectivity index (χ4n) is 3.29. The summed E-state index contributed by atoms with van der Waals surface area (Å²) in [7, 11) is -13.8. The van der Waals surface area contributed by atoms with Crippen LogP contribution in [-0.4, -0.2) is 76.2 Å². The van der Waals surface area contributed by atoms with Crippen molar-refractivity contribution in [2.24, 2.45) is 0 Å². The third-order valence-corrected chi connectivity index (χ3v) is 11.2. The van der Waals surface area contributed by atoms with Gasteiger partial charge in [-0.05, 0) is 22.9 Å². The van der Waals surface area contributed by atoms with Crippen LogP contribution in [0.25, 0.3) is 0 Å². The van der Waals surface area contributed by atoms with E-state index in [0.29, 0.717) is 5.75 Å². The maximum Gasteiger partial charge on any atom is 0.490 e. The first-order chi connectivity index (χ1) is 20.5. The summed E-state index contributed by atoms with van der Waals surface area (Å²) in [6, 6.07) is 5.52. The Morgan fingerprint density at radius 1 is 1.20 bits per heavy atom. The van der Waals surface area contributed by atoms with Gasteiger partial charge in [0, 0.05) is 31.0 Å². The van der Waals surface area contributed by atoms with Crippen LogP contribution in [0.4, 0.5) is 5.82 Å². The van der Waals surface area contributed by atoms with Crippen LogP contribution in [-0.2, 0) is 36.4 Å². The molecule has 24 heteroatoms. The van der Waals surface area contributed by atoms with Gasteiger partial charge in [-0.25, -0.2) is 23.5 Å². The lowest BCUT2D eigenvalue weighted by Gasteiger charge is -2.19. The van der Waals surface area contributed by atoms with Crippen LogP contribution < -0.4 is 16.7 Å². The highest BCUT2D eigenvalue weighted by Crippen LogP contribution is 2.66. The van der Waals surface area contributed by atoms with Crippen LogP contribution in [0.2, 0.25) is 0 Å². The van der Waals surface area contributed by atoms with Gasteiger partial charge in [0.15, 0.2) is 0 Å². The Hall–Kier alpha value is -2.11. The molecule has 2 aromatic heterocycles. The Morgan fingerprint density at radius 3 is 2.64 bits per heavy atom. The van der Waals surface area contributed by atoms with E-state index in [1.54, 1.807) is 12.3 Å². The molecule has 3 rings (SSSR count). The molecule has 1 aliphatic rings. The molecule has 242 valence electrons. The first kappa shape index (κ1) is 36.4. The second kappa shape index (κ2) is 15.9. The minimum absolute atomic E-state index is 0.0310. The van der Waals surface area contributed by atoms with Crippen molar-refractivity contribution in [2.75, 3.05) is 24.6 Å². The first-order valence-corrected chi connectivity index (χ1v) is 18.8. The van der Waals surface area contributed by atoms with E-state index in [1.165, 1.54) is 27.8 Å². The number of ether oxygens (including phenoxy) is 1. The van der Waals surface area contributed by atoms with E-state index in [1.807, 2.05) is 12.1 Å². The zero-order valence-corrected chi connectivity index (χ0v) is 26.5. The summed E-state index contributed by atoms with van der Waals surface area (Å²) < 4.78 is 52.3. The number of anilines is 1. The number of phosphoric acid groups is 3. The van der Waals surface area contributed by atoms with Gasteiger partial charge >= 0.3 is 29.2 Å². The standard InChI is InChI=1S/C20H26N5O14P3S2/c21-19-13(4-3-8-22-16(27)6-9-43-44-17-5-1-2-7-23-17)11-25(20(28)24-19)18-10-14(26)15(37-18)12-36-41(32,33)39-42(34,35)38-40(29,30)31/h1-2,5,7,11,14-15,18,26H,6,8-10,12H2,(H,22,27)(H,32,33)(H,34,35)(H2,21,24,28)(H2,29,30,31)/t14-,15-,18-/m1/s1. The Kier molecular flexibility index (Phi) is 13.2. The predicted octanol–water partition coefficient (Wildman–Crippen LogP) is 0.510. The molecule has 5 atom stereocenters. The number of phosphoric ester groups is 1. The largest absolute Gasteiger partial charge is 0.490 e. The third kappa shape index (κ3) is 12.4. The lowest BCUT2D eigenvalue weighted by atomic mass is 10.2. The van der Waals surface area contributed by atoms with Gasteiger partial charge in [0.05, 0.1) is 24.8 Å². The summed E-state index contributed by atoms with van der Waals surface area (Å²) in [6.07, 6.45) is -1.06. The number of nitrogen functional groups attached to an aromatic ring is 1. The first-order valence-electron chi connectivity index (χ1n) is 12.0. The van der Waals surface area contributed by atoms with Crippen molar-refractivity contribution in [2.45, 2.75) is 36.3 Å². The number of aliphatic hydroxyl groups is 1. The van der Waals surface area contributed by atoms with Crippen LogP contribution in [0.5, 0.6) is 0 Å². The number of nitrogens with two attached hydrogens (primary N) is 1. The number of pyridine rings is 1. The molecule has 0 radical (unpaired) electrons. The van der Waals surface area contributed by atoms with Crippen molar-refractivity contribution in [3.63, 3.8) is 0 Å². The van der Waals surface area contributed by atoms with Gasteiger partial charge in [-0.1, -0.05) is 28.7 Å².